The minimum Gasteiger partial charge on any atom is -0.320 e. The molecule has 1 aromatic rings. The Labute approximate surface area is 124 Å². The van der Waals surface area contributed by atoms with E-state index in [1.807, 2.05) is 11.9 Å². The Bertz CT molecular complexity index is 679. The Morgan fingerprint density at radius 3 is 2.90 bits per heavy atom. The minimum atomic E-state index is -3.73. The maximum Gasteiger partial charge on any atom is 0.242 e. The normalized spacial score (nSPS) is 19.3. The van der Waals surface area contributed by atoms with Crippen LogP contribution in [0.3, 0.4) is 0 Å². The lowest BCUT2D eigenvalue weighted by atomic mass is 10.2. The predicted octanol–water partition coefficient (Wildman–Crippen LogP) is 0.118. The first kappa shape index (κ1) is 15.9. The average Bonchev–Trinajstić information content (AvgIpc) is 2.80. The van der Waals surface area contributed by atoms with Crippen LogP contribution in [0.4, 0.5) is 4.39 Å². The first-order chi connectivity index (χ1) is 9.92. The number of rotatable bonds is 3. The first-order valence-electron chi connectivity index (χ1n) is 6.62. The quantitative estimate of drug-likeness (QED) is 0.778. The molecule has 1 aliphatic rings. The Kier molecular flexibility index (Phi) is 4.96. The lowest BCUT2D eigenvalue weighted by Crippen LogP contribution is -2.36. The molecule has 0 radical (unpaired) electrons. The fourth-order valence-corrected chi connectivity index (χ4v) is 3.70. The van der Waals surface area contributed by atoms with Crippen LogP contribution in [0.25, 0.3) is 0 Å². The standard InChI is InChI=1S/C14H18FN3O2S/c1-18-8-6-13(10-18)17-21(19,20)14-5-4-12(15)9-11(14)3-2-7-16/h4-5,9,13,17H,6-8,10,16H2,1H3. The molecule has 0 aromatic heterocycles. The van der Waals surface area contributed by atoms with Gasteiger partial charge in [0.05, 0.1) is 11.4 Å². The van der Waals surface area contributed by atoms with Crippen molar-refractivity contribution < 1.29 is 12.8 Å². The second kappa shape index (κ2) is 6.54. The highest BCUT2D eigenvalue weighted by molar-refractivity contribution is 7.89. The number of benzene rings is 1. The molecule has 0 spiro atoms. The molecule has 21 heavy (non-hydrogen) atoms. The van der Waals surface area contributed by atoms with Crippen LogP contribution in [-0.4, -0.2) is 46.0 Å². The molecule has 114 valence electrons. The maximum absolute atomic E-state index is 13.3. The van der Waals surface area contributed by atoms with Gasteiger partial charge in [0, 0.05) is 18.2 Å². The molecule has 7 heteroatoms. The maximum atomic E-state index is 13.3. The summed E-state index contributed by atoms with van der Waals surface area (Å²) < 4.78 is 40.8. The average molecular weight is 311 g/mol. The Hall–Kier alpha value is -1.46. The largest absolute Gasteiger partial charge is 0.320 e. The first-order valence-corrected chi connectivity index (χ1v) is 8.10. The van der Waals surface area contributed by atoms with Crippen LogP contribution < -0.4 is 10.5 Å². The zero-order valence-electron chi connectivity index (χ0n) is 11.8. The van der Waals surface area contributed by atoms with Gasteiger partial charge in [-0.1, -0.05) is 11.8 Å². The van der Waals surface area contributed by atoms with Gasteiger partial charge in [-0.3, -0.25) is 0 Å². The molecule has 0 saturated carbocycles. The predicted molar refractivity (Wildman–Crippen MR) is 78.6 cm³/mol. The van der Waals surface area contributed by atoms with Crippen LogP contribution in [0, 0.1) is 17.7 Å². The van der Waals surface area contributed by atoms with E-state index in [-0.39, 0.29) is 23.0 Å². The summed E-state index contributed by atoms with van der Waals surface area (Å²) in [6, 6.07) is 3.32. The summed E-state index contributed by atoms with van der Waals surface area (Å²) in [5, 5.41) is 0. The molecule has 1 aliphatic heterocycles. The number of likely N-dealkylation sites (tertiary alicyclic amines) is 1. The van der Waals surface area contributed by atoms with E-state index in [1.54, 1.807) is 0 Å². The van der Waals surface area contributed by atoms with Crippen molar-refractivity contribution in [3.8, 4) is 11.8 Å². The second-order valence-corrected chi connectivity index (χ2v) is 6.70. The van der Waals surface area contributed by atoms with Crippen LogP contribution in [0.1, 0.15) is 12.0 Å². The third kappa shape index (κ3) is 4.02. The van der Waals surface area contributed by atoms with E-state index in [9.17, 15) is 12.8 Å². The summed E-state index contributed by atoms with van der Waals surface area (Å²) in [4.78, 5) is 2.03. The fourth-order valence-electron chi connectivity index (χ4n) is 2.29. The van der Waals surface area contributed by atoms with Crippen molar-refractivity contribution in [3.63, 3.8) is 0 Å². The summed E-state index contributed by atoms with van der Waals surface area (Å²) in [6.45, 7) is 1.58. The summed E-state index contributed by atoms with van der Waals surface area (Å²) in [5.74, 6) is 4.63. The molecule has 1 unspecified atom stereocenters. The molecule has 1 fully saturated rings. The van der Waals surface area contributed by atoms with E-state index in [4.69, 9.17) is 5.73 Å². The molecule has 1 atom stereocenters. The van der Waals surface area contributed by atoms with Crippen molar-refractivity contribution in [1.82, 2.24) is 9.62 Å². The van der Waals surface area contributed by atoms with E-state index in [1.165, 1.54) is 6.07 Å². The van der Waals surface area contributed by atoms with Crippen molar-refractivity contribution in [2.75, 3.05) is 26.7 Å². The third-order valence-electron chi connectivity index (χ3n) is 3.27. The highest BCUT2D eigenvalue weighted by atomic mass is 32.2. The molecule has 1 heterocycles. The van der Waals surface area contributed by atoms with E-state index in [0.717, 1.165) is 25.1 Å². The highest BCUT2D eigenvalue weighted by Crippen LogP contribution is 2.18. The number of likely N-dealkylation sites (N-methyl/N-ethyl adjacent to an activating group) is 1. The van der Waals surface area contributed by atoms with Gasteiger partial charge in [0.25, 0.3) is 0 Å². The van der Waals surface area contributed by atoms with Crippen LogP contribution >= 0.6 is 0 Å². The van der Waals surface area contributed by atoms with Crippen molar-refractivity contribution in [3.05, 3.63) is 29.6 Å². The van der Waals surface area contributed by atoms with Crippen LogP contribution in [0.15, 0.2) is 23.1 Å². The summed E-state index contributed by atoms with van der Waals surface area (Å²) in [7, 11) is -1.80. The number of nitrogens with one attached hydrogen (secondary N) is 1. The molecule has 0 bridgehead atoms. The monoisotopic (exact) mass is 311 g/mol. The SMILES string of the molecule is CN1CCC(NS(=O)(=O)c2ccc(F)cc2C#CCN)C1. The van der Waals surface area contributed by atoms with Gasteiger partial charge < -0.3 is 10.6 Å². The molecule has 1 saturated heterocycles. The molecule has 3 N–H and O–H groups in total. The highest BCUT2D eigenvalue weighted by Gasteiger charge is 2.26. The van der Waals surface area contributed by atoms with E-state index < -0.39 is 15.8 Å². The smallest absolute Gasteiger partial charge is 0.242 e. The molecular formula is C14H18FN3O2S. The van der Waals surface area contributed by atoms with Gasteiger partial charge in [-0.05, 0) is 38.2 Å². The topological polar surface area (TPSA) is 75.4 Å². The molecule has 1 aromatic carbocycles. The fraction of sp³-hybridized carbons (Fsp3) is 0.429. The van der Waals surface area contributed by atoms with Gasteiger partial charge in [-0.2, -0.15) is 0 Å². The lowest BCUT2D eigenvalue weighted by molar-refractivity contribution is 0.407. The number of nitrogens with two attached hydrogens (primary N) is 1. The number of sulfonamides is 1. The van der Waals surface area contributed by atoms with Crippen LogP contribution in [-0.2, 0) is 10.0 Å². The van der Waals surface area contributed by atoms with Gasteiger partial charge >= 0.3 is 0 Å². The number of hydrogen-bond acceptors (Lipinski definition) is 4. The van der Waals surface area contributed by atoms with Gasteiger partial charge in [0.1, 0.15) is 5.82 Å². The van der Waals surface area contributed by atoms with Crippen molar-refractivity contribution in [2.24, 2.45) is 5.73 Å². The van der Waals surface area contributed by atoms with E-state index in [2.05, 4.69) is 16.6 Å². The lowest BCUT2D eigenvalue weighted by Gasteiger charge is -2.14. The molecular weight excluding hydrogens is 293 g/mol. The molecule has 0 aliphatic carbocycles. The Morgan fingerprint density at radius 1 is 1.52 bits per heavy atom. The Morgan fingerprint density at radius 2 is 2.29 bits per heavy atom. The Balaban J connectivity index is 2.31. The summed E-state index contributed by atoms with van der Waals surface area (Å²) in [6.07, 6.45) is 0.751. The minimum absolute atomic E-state index is 0.0144. The second-order valence-electron chi connectivity index (χ2n) is 5.02. The van der Waals surface area contributed by atoms with E-state index in [0.29, 0.717) is 6.54 Å². The van der Waals surface area contributed by atoms with Crippen LogP contribution in [0.5, 0.6) is 0 Å². The zero-order valence-corrected chi connectivity index (χ0v) is 12.6. The number of nitrogens with zero attached hydrogens (tertiary/aromatic N) is 1. The van der Waals surface area contributed by atoms with Gasteiger partial charge in [-0.25, -0.2) is 17.5 Å². The van der Waals surface area contributed by atoms with Gasteiger partial charge in [-0.15, -0.1) is 0 Å². The number of halogens is 1. The van der Waals surface area contributed by atoms with Crippen molar-refractivity contribution in [2.45, 2.75) is 17.4 Å². The number of hydrogen-bond donors (Lipinski definition) is 2. The molecule has 0 amide bonds. The van der Waals surface area contributed by atoms with Crippen LogP contribution in [0.2, 0.25) is 0 Å². The van der Waals surface area contributed by atoms with Crippen molar-refractivity contribution in [1.29, 1.82) is 0 Å². The molecule has 5 nitrogen and oxygen atoms in total. The van der Waals surface area contributed by atoms with Gasteiger partial charge in [0.15, 0.2) is 0 Å². The van der Waals surface area contributed by atoms with Crippen molar-refractivity contribution >= 4 is 10.0 Å². The zero-order chi connectivity index (χ0) is 15.5. The third-order valence-corrected chi connectivity index (χ3v) is 4.85. The summed E-state index contributed by atoms with van der Waals surface area (Å²) >= 11 is 0. The van der Waals surface area contributed by atoms with E-state index >= 15 is 0 Å². The molecule has 2 rings (SSSR count). The van der Waals surface area contributed by atoms with Gasteiger partial charge in [0.2, 0.25) is 10.0 Å². The summed E-state index contributed by atoms with van der Waals surface area (Å²) in [5.41, 5.74) is 5.41.